The van der Waals surface area contributed by atoms with Crippen molar-refractivity contribution in [2.24, 2.45) is 10.7 Å². The Kier molecular flexibility index (Phi) is 2.76. The van der Waals surface area contributed by atoms with E-state index in [0.717, 1.165) is 13.0 Å². The molecule has 0 radical (unpaired) electrons. The maximum Gasteiger partial charge on any atom is 0.196 e. The Bertz CT molecular complexity index is 598. The van der Waals surface area contributed by atoms with Crippen molar-refractivity contribution in [1.29, 1.82) is 0 Å². The third-order valence-corrected chi connectivity index (χ3v) is 5.07. The third-order valence-electron chi connectivity index (χ3n) is 5.07. The number of rotatable bonds is 2. The van der Waals surface area contributed by atoms with E-state index < -0.39 is 0 Å². The molecule has 1 aromatic carbocycles. The van der Waals surface area contributed by atoms with Crippen molar-refractivity contribution in [3.05, 3.63) is 30.1 Å². The van der Waals surface area contributed by atoms with Crippen LogP contribution < -0.4 is 10.6 Å². The molecule has 21 heavy (non-hydrogen) atoms. The van der Waals surface area contributed by atoms with Crippen LogP contribution in [0.3, 0.4) is 0 Å². The lowest BCUT2D eigenvalue weighted by molar-refractivity contribution is 0.251. The van der Waals surface area contributed by atoms with Crippen LogP contribution in [0.25, 0.3) is 0 Å². The van der Waals surface area contributed by atoms with E-state index in [1.165, 1.54) is 18.9 Å². The zero-order valence-corrected chi connectivity index (χ0v) is 12.3. The molecule has 4 rings (SSSR count). The van der Waals surface area contributed by atoms with Crippen LogP contribution in [-0.4, -0.2) is 41.6 Å². The van der Waals surface area contributed by atoms with E-state index in [2.05, 4.69) is 16.8 Å². The van der Waals surface area contributed by atoms with E-state index in [-0.39, 0.29) is 11.4 Å². The van der Waals surface area contributed by atoms with Crippen LogP contribution in [0.4, 0.5) is 10.1 Å². The van der Waals surface area contributed by atoms with Crippen LogP contribution in [0.2, 0.25) is 0 Å². The van der Waals surface area contributed by atoms with Gasteiger partial charge in [-0.15, -0.1) is 0 Å². The standard InChI is InChI=1S/C16H21FN4/c1-11-8-16(10-20(11)12-6-7-12)9-19-15(18)21(16)14-5-3-2-4-13(14)17/h2-5,11-12H,6-10H2,1H3,(H2,18,19). The average Bonchev–Trinajstić information content (AvgIpc) is 3.18. The molecule has 2 aliphatic heterocycles. The predicted octanol–water partition coefficient (Wildman–Crippen LogP) is 1.96. The molecule has 1 aromatic rings. The second kappa shape index (κ2) is 4.44. The number of nitrogens with zero attached hydrogens (tertiary/aromatic N) is 3. The lowest BCUT2D eigenvalue weighted by Crippen LogP contribution is -2.54. The van der Waals surface area contributed by atoms with Crippen LogP contribution in [0.5, 0.6) is 0 Å². The summed E-state index contributed by atoms with van der Waals surface area (Å²) >= 11 is 0. The number of nitrogens with two attached hydrogens (primary N) is 1. The minimum absolute atomic E-state index is 0.172. The van der Waals surface area contributed by atoms with E-state index >= 15 is 0 Å². The summed E-state index contributed by atoms with van der Waals surface area (Å²) in [6, 6.07) is 8.08. The molecule has 0 amide bonds. The van der Waals surface area contributed by atoms with Crippen molar-refractivity contribution in [3.8, 4) is 0 Å². The lowest BCUT2D eigenvalue weighted by atomic mass is 9.94. The number of hydrogen-bond acceptors (Lipinski definition) is 4. The highest BCUT2D eigenvalue weighted by molar-refractivity contribution is 5.98. The molecule has 2 heterocycles. The van der Waals surface area contributed by atoms with E-state index in [4.69, 9.17) is 5.73 Å². The summed E-state index contributed by atoms with van der Waals surface area (Å²) in [5.41, 5.74) is 6.49. The first-order chi connectivity index (χ1) is 10.1. The van der Waals surface area contributed by atoms with Crippen molar-refractivity contribution < 1.29 is 4.39 Å². The fourth-order valence-electron chi connectivity index (χ4n) is 4.02. The van der Waals surface area contributed by atoms with Crippen LogP contribution >= 0.6 is 0 Å². The Morgan fingerprint density at radius 2 is 2.10 bits per heavy atom. The second-order valence-electron chi connectivity index (χ2n) is 6.64. The molecule has 1 saturated carbocycles. The molecule has 2 fully saturated rings. The Hall–Kier alpha value is -1.62. The largest absolute Gasteiger partial charge is 0.369 e. The first-order valence-corrected chi connectivity index (χ1v) is 7.71. The van der Waals surface area contributed by atoms with Crippen molar-refractivity contribution in [3.63, 3.8) is 0 Å². The number of hydrogen-bond donors (Lipinski definition) is 1. The molecule has 1 saturated heterocycles. The van der Waals surface area contributed by atoms with Crippen LogP contribution in [0.15, 0.2) is 29.3 Å². The maximum atomic E-state index is 14.3. The van der Waals surface area contributed by atoms with Crippen LogP contribution in [-0.2, 0) is 0 Å². The Balaban J connectivity index is 1.71. The highest BCUT2D eigenvalue weighted by atomic mass is 19.1. The minimum atomic E-state index is -0.227. The minimum Gasteiger partial charge on any atom is -0.369 e. The van der Waals surface area contributed by atoms with Crippen LogP contribution in [0, 0.1) is 5.82 Å². The fourth-order valence-corrected chi connectivity index (χ4v) is 4.02. The number of para-hydroxylation sites is 1. The number of anilines is 1. The number of benzene rings is 1. The van der Waals surface area contributed by atoms with Crippen molar-refractivity contribution in [2.75, 3.05) is 18.0 Å². The molecule has 0 bridgehead atoms. The first kappa shape index (κ1) is 13.1. The van der Waals surface area contributed by atoms with Crippen LogP contribution in [0.1, 0.15) is 26.2 Å². The number of halogens is 1. The van der Waals surface area contributed by atoms with Gasteiger partial charge in [0.2, 0.25) is 0 Å². The van der Waals surface area contributed by atoms with E-state index in [9.17, 15) is 4.39 Å². The van der Waals surface area contributed by atoms with Gasteiger partial charge in [-0.3, -0.25) is 9.89 Å². The zero-order chi connectivity index (χ0) is 14.6. The summed E-state index contributed by atoms with van der Waals surface area (Å²) in [5.74, 6) is 0.222. The van der Waals surface area contributed by atoms with Gasteiger partial charge in [0.05, 0.1) is 17.8 Å². The van der Waals surface area contributed by atoms with Gasteiger partial charge in [0.15, 0.2) is 5.96 Å². The molecule has 4 nitrogen and oxygen atoms in total. The molecular weight excluding hydrogens is 267 g/mol. The van der Waals surface area contributed by atoms with Gasteiger partial charge in [-0.05, 0) is 38.3 Å². The zero-order valence-electron chi connectivity index (χ0n) is 12.3. The molecule has 0 aromatic heterocycles. The Morgan fingerprint density at radius 1 is 1.33 bits per heavy atom. The van der Waals surface area contributed by atoms with Crippen molar-refractivity contribution in [1.82, 2.24) is 4.90 Å². The first-order valence-electron chi connectivity index (χ1n) is 7.71. The van der Waals surface area contributed by atoms with Gasteiger partial charge < -0.3 is 10.6 Å². The molecule has 3 aliphatic rings. The van der Waals surface area contributed by atoms with Gasteiger partial charge in [0.1, 0.15) is 5.82 Å². The second-order valence-corrected chi connectivity index (χ2v) is 6.64. The van der Waals surface area contributed by atoms with Gasteiger partial charge in [-0.1, -0.05) is 12.1 Å². The normalized spacial score (nSPS) is 33.0. The predicted molar refractivity (Wildman–Crippen MR) is 81.9 cm³/mol. The third kappa shape index (κ3) is 1.94. The summed E-state index contributed by atoms with van der Waals surface area (Å²) in [4.78, 5) is 8.95. The topological polar surface area (TPSA) is 44.9 Å². The Labute approximate surface area is 124 Å². The smallest absolute Gasteiger partial charge is 0.196 e. The lowest BCUT2D eigenvalue weighted by Gasteiger charge is -2.36. The highest BCUT2D eigenvalue weighted by Crippen LogP contribution is 2.43. The summed E-state index contributed by atoms with van der Waals surface area (Å²) in [6.07, 6.45) is 3.56. The molecule has 2 atom stereocenters. The van der Waals surface area contributed by atoms with Gasteiger partial charge in [-0.25, -0.2) is 4.39 Å². The molecule has 1 spiro atoms. The van der Waals surface area contributed by atoms with Crippen molar-refractivity contribution >= 4 is 11.6 Å². The van der Waals surface area contributed by atoms with Gasteiger partial charge in [0, 0.05) is 18.6 Å². The molecule has 112 valence electrons. The molecule has 2 unspecified atom stereocenters. The van der Waals surface area contributed by atoms with Gasteiger partial charge in [0.25, 0.3) is 0 Å². The summed E-state index contributed by atoms with van der Waals surface area (Å²) in [6.45, 7) is 3.86. The highest BCUT2D eigenvalue weighted by Gasteiger charge is 2.53. The van der Waals surface area contributed by atoms with Gasteiger partial charge >= 0.3 is 0 Å². The number of aliphatic imine (C=N–C) groups is 1. The molecule has 1 aliphatic carbocycles. The molecular formula is C16H21FN4. The fraction of sp³-hybridized carbons (Fsp3) is 0.562. The summed E-state index contributed by atoms with van der Waals surface area (Å²) in [7, 11) is 0. The summed E-state index contributed by atoms with van der Waals surface area (Å²) < 4.78 is 14.3. The SMILES string of the molecule is CC1CC2(CN=C(N)N2c2ccccc2F)CN1C1CC1. The van der Waals surface area contributed by atoms with Crippen molar-refractivity contribution in [2.45, 2.75) is 43.8 Å². The quantitative estimate of drug-likeness (QED) is 0.905. The monoisotopic (exact) mass is 288 g/mol. The average molecular weight is 288 g/mol. The Morgan fingerprint density at radius 3 is 2.81 bits per heavy atom. The molecule has 5 heteroatoms. The summed E-state index contributed by atoms with van der Waals surface area (Å²) in [5, 5.41) is 0. The molecule has 2 N–H and O–H groups in total. The number of likely N-dealkylation sites (tertiary alicyclic amines) is 1. The van der Waals surface area contributed by atoms with E-state index in [1.54, 1.807) is 12.1 Å². The van der Waals surface area contributed by atoms with Gasteiger partial charge in [-0.2, -0.15) is 0 Å². The maximum absolute atomic E-state index is 14.3. The van der Waals surface area contributed by atoms with E-state index in [0.29, 0.717) is 30.3 Å². The number of guanidine groups is 1. The van der Waals surface area contributed by atoms with E-state index in [1.807, 2.05) is 11.0 Å².